The molecule has 0 saturated heterocycles. The molecule has 64 valence electrons. The normalized spacial score (nSPS) is 15.4. The first-order valence-electron chi connectivity index (χ1n) is 3.65. The molecule has 1 N–H and O–H groups in total. The molecule has 2 unspecified atom stereocenters. The highest BCUT2D eigenvalue weighted by atomic mass is 32.2. The van der Waals surface area contributed by atoms with E-state index in [0.717, 1.165) is 13.0 Å². The molecule has 0 rings (SSSR count). The summed E-state index contributed by atoms with van der Waals surface area (Å²) >= 11 is 0. The summed E-state index contributed by atoms with van der Waals surface area (Å²) in [5.74, 6) is 2.48. The third-order valence-corrected chi connectivity index (χ3v) is 2.89. The molecule has 0 aromatic rings. The van der Waals surface area contributed by atoms with Crippen molar-refractivity contribution in [3.8, 4) is 12.3 Å². The van der Waals surface area contributed by atoms with Crippen LogP contribution in [-0.4, -0.2) is 28.8 Å². The molecule has 2 atom stereocenters. The van der Waals surface area contributed by atoms with Crippen LogP contribution in [0.2, 0.25) is 0 Å². The first-order chi connectivity index (χ1) is 5.18. The van der Waals surface area contributed by atoms with Crippen molar-refractivity contribution < 1.29 is 4.21 Å². The summed E-state index contributed by atoms with van der Waals surface area (Å²) in [4.78, 5) is 0. The van der Waals surface area contributed by atoms with Gasteiger partial charge in [0.2, 0.25) is 0 Å². The second-order valence-electron chi connectivity index (χ2n) is 2.48. The zero-order chi connectivity index (χ0) is 8.69. The molecule has 2 nitrogen and oxygen atoms in total. The van der Waals surface area contributed by atoms with Crippen LogP contribution in [0.3, 0.4) is 0 Å². The van der Waals surface area contributed by atoms with E-state index in [1.165, 1.54) is 0 Å². The van der Waals surface area contributed by atoms with Gasteiger partial charge in [0.1, 0.15) is 0 Å². The number of nitrogens with one attached hydrogen (secondary N) is 1. The fraction of sp³-hybridized carbons (Fsp3) is 0.750. The van der Waals surface area contributed by atoms with Gasteiger partial charge in [0.25, 0.3) is 0 Å². The maximum absolute atomic E-state index is 10.9. The Morgan fingerprint density at radius 3 is 2.82 bits per heavy atom. The van der Waals surface area contributed by atoms with E-state index in [4.69, 9.17) is 6.42 Å². The van der Waals surface area contributed by atoms with Crippen LogP contribution in [0.15, 0.2) is 0 Å². The number of terminal acetylenes is 1. The molecule has 0 fully saturated rings. The van der Waals surface area contributed by atoms with Crippen LogP contribution in [-0.2, 0) is 10.8 Å². The van der Waals surface area contributed by atoms with Gasteiger partial charge in [-0.15, -0.1) is 6.42 Å². The Bertz CT molecular complexity index is 162. The van der Waals surface area contributed by atoms with E-state index in [1.807, 2.05) is 6.92 Å². The smallest absolute Gasteiger partial charge is 0.0573 e. The van der Waals surface area contributed by atoms with Crippen molar-refractivity contribution in [3.05, 3.63) is 0 Å². The topological polar surface area (TPSA) is 29.1 Å². The van der Waals surface area contributed by atoms with Gasteiger partial charge in [-0.1, -0.05) is 12.8 Å². The van der Waals surface area contributed by atoms with Crippen molar-refractivity contribution >= 4 is 10.8 Å². The summed E-state index contributed by atoms with van der Waals surface area (Å²) in [5.41, 5.74) is 0. The van der Waals surface area contributed by atoms with E-state index < -0.39 is 10.8 Å². The molecule has 0 aliphatic heterocycles. The number of hydrogen-bond acceptors (Lipinski definition) is 2. The molecule has 0 saturated carbocycles. The van der Waals surface area contributed by atoms with Crippen molar-refractivity contribution in [2.75, 3.05) is 19.3 Å². The number of hydrogen-bond donors (Lipinski definition) is 1. The molecule has 11 heavy (non-hydrogen) atoms. The fourth-order valence-electron chi connectivity index (χ4n) is 0.632. The van der Waals surface area contributed by atoms with Crippen molar-refractivity contribution in [1.82, 2.24) is 5.32 Å². The first-order valence-corrected chi connectivity index (χ1v) is 5.27. The lowest BCUT2D eigenvalue weighted by molar-refractivity contribution is 0.652. The largest absolute Gasteiger partial charge is 0.306 e. The standard InChI is InChI=1S/C8H15NOS/c1-4-6-9-7-5-8(2)11(3)10/h1,8-9H,5-7H2,2-3H3. The summed E-state index contributed by atoms with van der Waals surface area (Å²) in [6, 6.07) is 0. The van der Waals surface area contributed by atoms with Gasteiger partial charge in [-0.2, -0.15) is 0 Å². The molecule has 0 aliphatic rings. The maximum Gasteiger partial charge on any atom is 0.0573 e. The molecule has 0 aromatic carbocycles. The van der Waals surface area contributed by atoms with Crippen molar-refractivity contribution in [3.63, 3.8) is 0 Å². The van der Waals surface area contributed by atoms with E-state index in [-0.39, 0.29) is 5.25 Å². The molecular weight excluding hydrogens is 158 g/mol. The molecule has 0 heterocycles. The summed E-state index contributed by atoms with van der Waals surface area (Å²) in [6.45, 7) is 3.43. The van der Waals surface area contributed by atoms with Crippen LogP contribution in [0.25, 0.3) is 0 Å². The van der Waals surface area contributed by atoms with Gasteiger partial charge >= 0.3 is 0 Å². The van der Waals surface area contributed by atoms with Gasteiger partial charge < -0.3 is 5.32 Å². The van der Waals surface area contributed by atoms with E-state index in [9.17, 15) is 4.21 Å². The zero-order valence-electron chi connectivity index (χ0n) is 7.09. The molecule has 0 aromatic heterocycles. The molecule has 0 aliphatic carbocycles. The van der Waals surface area contributed by atoms with Crippen molar-refractivity contribution in [1.29, 1.82) is 0 Å². The van der Waals surface area contributed by atoms with Crippen molar-refractivity contribution in [2.45, 2.75) is 18.6 Å². The third-order valence-electron chi connectivity index (χ3n) is 1.52. The van der Waals surface area contributed by atoms with Crippen LogP contribution < -0.4 is 5.32 Å². The SMILES string of the molecule is C#CCNCCC(C)S(C)=O. The maximum atomic E-state index is 10.9. The van der Waals surface area contributed by atoms with Gasteiger partial charge in [0, 0.05) is 22.3 Å². The summed E-state index contributed by atoms with van der Waals surface area (Å²) in [6.07, 6.45) is 7.68. The molecular formula is C8H15NOS. The highest BCUT2D eigenvalue weighted by Gasteiger charge is 2.03. The molecule has 3 heteroatoms. The second-order valence-corrected chi connectivity index (χ2v) is 4.28. The Labute approximate surface area is 71.2 Å². The van der Waals surface area contributed by atoms with E-state index in [1.54, 1.807) is 6.26 Å². The lowest BCUT2D eigenvalue weighted by atomic mass is 10.3. The van der Waals surface area contributed by atoms with Gasteiger partial charge in [0.15, 0.2) is 0 Å². The Morgan fingerprint density at radius 2 is 2.36 bits per heavy atom. The highest BCUT2D eigenvalue weighted by molar-refractivity contribution is 7.84. The minimum absolute atomic E-state index is 0.264. The number of rotatable bonds is 5. The van der Waals surface area contributed by atoms with E-state index in [0.29, 0.717) is 6.54 Å². The molecule has 0 amide bonds. The lowest BCUT2D eigenvalue weighted by Gasteiger charge is -2.06. The van der Waals surface area contributed by atoms with E-state index in [2.05, 4.69) is 11.2 Å². The third kappa shape index (κ3) is 6.08. The minimum Gasteiger partial charge on any atom is -0.306 e. The second kappa shape index (κ2) is 6.38. The van der Waals surface area contributed by atoms with Crippen LogP contribution in [0.5, 0.6) is 0 Å². The Morgan fingerprint density at radius 1 is 1.73 bits per heavy atom. The lowest BCUT2D eigenvalue weighted by Crippen LogP contribution is -2.21. The monoisotopic (exact) mass is 173 g/mol. The van der Waals surface area contributed by atoms with Gasteiger partial charge in [-0.25, -0.2) is 0 Å². The van der Waals surface area contributed by atoms with E-state index >= 15 is 0 Å². The predicted octanol–water partition coefficient (Wildman–Crippen LogP) is 0.366. The fourth-order valence-corrected chi connectivity index (χ4v) is 1.08. The molecule has 0 spiro atoms. The average molecular weight is 173 g/mol. The van der Waals surface area contributed by atoms with Crippen LogP contribution in [0.1, 0.15) is 13.3 Å². The molecule has 0 radical (unpaired) electrons. The zero-order valence-corrected chi connectivity index (χ0v) is 7.91. The summed E-state index contributed by atoms with van der Waals surface area (Å²) in [7, 11) is -0.707. The van der Waals surface area contributed by atoms with Gasteiger partial charge in [-0.05, 0) is 13.0 Å². The highest BCUT2D eigenvalue weighted by Crippen LogP contribution is 1.96. The van der Waals surface area contributed by atoms with Gasteiger partial charge in [-0.3, -0.25) is 4.21 Å². The summed E-state index contributed by atoms with van der Waals surface area (Å²) in [5, 5.41) is 3.31. The quantitative estimate of drug-likeness (QED) is 0.480. The molecule has 0 bridgehead atoms. The first kappa shape index (κ1) is 10.7. The van der Waals surface area contributed by atoms with Crippen LogP contribution >= 0.6 is 0 Å². The summed E-state index contributed by atoms with van der Waals surface area (Å²) < 4.78 is 10.9. The van der Waals surface area contributed by atoms with Crippen LogP contribution in [0, 0.1) is 12.3 Å². The van der Waals surface area contributed by atoms with Crippen LogP contribution in [0.4, 0.5) is 0 Å². The Hall–Kier alpha value is -0.330. The average Bonchev–Trinajstić information content (AvgIpc) is 1.97. The van der Waals surface area contributed by atoms with Gasteiger partial charge in [0.05, 0.1) is 6.54 Å². The minimum atomic E-state index is -0.707. The Kier molecular flexibility index (Phi) is 6.19. The Balaban J connectivity index is 3.26. The van der Waals surface area contributed by atoms with Crippen molar-refractivity contribution in [2.24, 2.45) is 0 Å². The predicted molar refractivity (Wildman–Crippen MR) is 49.8 cm³/mol.